The second-order valence-electron chi connectivity index (χ2n) is 7.77. The number of guanidine groups is 1. The number of nitrogens with zero attached hydrogens (tertiary/aromatic N) is 2. The van der Waals surface area contributed by atoms with Crippen molar-refractivity contribution in [3.05, 3.63) is 35.4 Å². The van der Waals surface area contributed by atoms with E-state index in [1.165, 1.54) is 18.6 Å². The molecule has 1 atom stereocenters. The van der Waals surface area contributed by atoms with E-state index in [2.05, 4.69) is 15.2 Å². The van der Waals surface area contributed by atoms with Crippen LogP contribution in [-0.4, -0.2) is 62.5 Å². The van der Waals surface area contributed by atoms with E-state index >= 15 is 0 Å². The normalized spacial score (nSPS) is 21.4. The van der Waals surface area contributed by atoms with E-state index in [1.54, 1.807) is 0 Å². The summed E-state index contributed by atoms with van der Waals surface area (Å²) in [6.07, 6.45) is 6.46. The summed E-state index contributed by atoms with van der Waals surface area (Å²) in [4.78, 5) is 6.90. The van der Waals surface area contributed by atoms with E-state index in [1.807, 2.05) is 6.92 Å². The summed E-state index contributed by atoms with van der Waals surface area (Å²) >= 11 is 0. The van der Waals surface area contributed by atoms with E-state index < -0.39 is 11.6 Å². The molecule has 1 aromatic rings. The van der Waals surface area contributed by atoms with Crippen LogP contribution in [0.4, 0.5) is 8.78 Å². The first-order valence-corrected chi connectivity index (χ1v) is 10.9. The molecular weight excluding hydrogens is 376 g/mol. The van der Waals surface area contributed by atoms with Crippen LogP contribution in [0.15, 0.2) is 23.2 Å². The summed E-state index contributed by atoms with van der Waals surface area (Å²) in [5.41, 5.74) is 0.624. The van der Waals surface area contributed by atoms with Crippen molar-refractivity contribution in [2.24, 2.45) is 4.99 Å². The van der Waals surface area contributed by atoms with Crippen LogP contribution in [0.3, 0.4) is 0 Å². The number of hydrogen-bond acceptors (Lipinski definition) is 3. The van der Waals surface area contributed by atoms with Crippen molar-refractivity contribution in [3.63, 3.8) is 0 Å². The zero-order valence-corrected chi connectivity index (χ0v) is 17.3. The number of piperidine rings is 1. The Balaban J connectivity index is 1.44. The smallest absolute Gasteiger partial charge is 0.193 e. The molecule has 0 aliphatic carbocycles. The van der Waals surface area contributed by atoms with E-state index in [0.29, 0.717) is 25.1 Å². The summed E-state index contributed by atoms with van der Waals surface area (Å²) in [6, 6.07) is 3.62. The third-order valence-electron chi connectivity index (χ3n) is 5.45. The van der Waals surface area contributed by atoms with Crippen molar-refractivity contribution in [1.82, 2.24) is 10.2 Å². The van der Waals surface area contributed by atoms with Crippen LogP contribution in [0.2, 0.25) is 0 Å². The van der Waals surface area contributed by atoms with E-state index in [-0.39, 0.29) is 12.2 Å². The van der Waals surface area contributed by atoms with Gasteiger partial charge in [-0.05, 0) is 63.1 Å². The molecule has 0 bridgehead atoms. The van der Waals surface area contributed by atoms with Gasteiger partial charge in [0.1, 0.15) is 11.6 Å². The minimum Gasteiger partial charge on any atom is -0.376 e. The van der Waals surface area contributed by atoms with Gasteiger partial charge in [-0.3, -0.25) is 4.99 Å². The van der Waals surface area contributed by atoms with Crippen molar-refractivity contribution in [3.8, 4) is 0 Å². The van der Waals surface area contributed by atoms with Crippen LogP contribution in [0.5, 0.6) is 0 Å². The fraction of sp³-hybridized carbons (Fsp3) is 0.682. The van der Waals surface area contributed by atoms with Gasteiger partial charge in [0.25, 0.3) is 0 Å². The zero-order valence-electron chi connectivity index (χ0n) is 17.3. The average Bonchev–Trinajstić information content (AvgIpc) is 2.72. The van der Waals surface area contributed by atoms with Crippen molar-refractivity contribution in [2.75, 3.05) is 39.4 Å². The third-order valence-corrected chi connectivity index (χ3v) is 5.45. The van der Waals surface area contributed by atoms with Crippen molar-refractivity contribution in [1.29, 1.82) is 0 Å². The minimum atomic E-state index is -0.545. The van der Waals surface area contributed by atoms with Gasteiger partial charge >= 0.3 is 0 Å². The van der Waals surface area contributed by atoms with Crippen LogP contribution in [-0.2, 0) is 15.9 Å². The monoisotopic (exact) mass is 409 g/mol. The molecule has 2 heterocycles. The van der Waals surface area contributed by atoms with Crippen molar-refractivity contribution in [2.45, 2.75) is 57.7 Å². The molecule has 0 amide bonds. The summed E-state index contributed by atoms with van der Waals surface area (Å²) in [6.45, 7) is 6.63. The number of nitrogens with one attached hydrogen (secondary N) is 1. The number of benzene rings is 1. The Kier molecular flexibility index (Phi) is 8.68. The summed E-state index contributed by atoms with van der Waals surface area (Å²) in [5, 5.41) is 3.33. The maximum atomic E-state index is 13.3. The van der Waals surface area contributed by atoms with Gasteiger partial charge in [-0.1, -0.05) is 0 Å². The number of hydrogen-bond donors (Lipinski definition) is 1. The van der Waals surface area contributed by atoms with Gasteiger partial charge in [0.2, 0.25) is 0 Å². The van der Waals surface area contributed by atoms with Gasteiger partial charge in [0, 0.05) is 38.9 Å². The van der Waals surface area contributed by atoms with Crippen LogP contribution < -0.4 is 5.32 Å². The fourth-order valence-electron chi connectivity index (χ4n) is 3.89. The van der Waals surface area contributed by atoms with Crippen LogP contribution in [0.1, 0.15) is 44.6 Å². The van der Waals surface area contributed by atoms with Gasteiger partial charge in [-0.2, -0.15) is 0 Å². The average molecular weight is 410 g/mol. The Morgan fingerprint density at radius 2 is 1.93 bits per heavy atom. The van der Waals surface area contributed by atoms with Gasteiger partial charge in [-0.15, -0.1) is 0 Å². The third kappa shape index (κ3) is 7.23. The van der Waals surface area contributed by atoms with E-state index in [9.17, 15) is 8.78 Å². The first-order chi connectivity index (χ1) is 14.1. The highest BCUT2D eigenvalue weighted by Gasteiger charge is 2.23. The number of ether oxygens (including phenoxy) is 2. The van der Waals surface area contributed by atoms with Gasteiger partial charge in [-0.25, -0.2) is 8.78 Å². The molecule has 2 aliphatic heterocycles. The van der Waals surface area contributed by atoms with E-state index in [4.69, 9.17) is 9.47 Å². The van der Waals surface area contributed by atoms with Crippen molar-refractivity contribution < 1.29 is 18.3 Å². The molecule has 2 aliphatic rings. The lowest BCUT2D eigenvalue weighted by molar-refractivity contribution is -0.0721. The molecule has 3 rings (SSSR count). The molecule has 7 heteroatoms. The second-order valence-corrected chi connectivity index (χ2v) is 7.77. The van der Waals surface area contributed by atoms with Gasteiger partial charge < -0.3 is 19.7 Å². The molecule has 0 aromatic heterocycles. The predicted octanol–water partition coefficient (Wildman–Crippen LogP) is 3.52. The molecule has 29 heavy (non-hydrogen) atoms. The first kappa shape index (κ1) is 22.0. The zero-order chi connectivity index (χ0) is 20.5. The van der Waals surface area contributed by atoms with Gasteiger partial charge in [0.05, 0.1) is 18.8 Å². The van der Waals surface area contributed by atoms with Crippen LogP contribution >= 0.6 is 0 Å². The van der Waals surface area contributed by atoms with Crippen molar-refractivity contribution >= 4 is 5.96 Å². The standard InChI is InChI=1S/C22H33F2N3O2/c1-2-25-22(26-9-6-17-13-18(23)15-19(24)14-17)27-10-7-20(8-11-27)29-16-21-5-3-4-12-28-21/h13-15,20-21H,2-12,16H2,1H3,(H,25,26). The Morgan fingerprint density at radius 1 is 1.17 bits per heavy atom. The lowest BCUT2D eigenvalue weighted by atomic mass is 10.1. The summed E-state index contributed by atoms with van der Waals surface area (Å²) in [7, 11) is 0. The molecule has 0 spiro atoms. The molecule has 5 nitrogen and oxygen atoms in total. The Labute approximate surface area is 172 Å². The lowest BCUT2D eigenvalue weighted by Gasteiger charge is -2.35. The molecule has 162 valence electrons. The molecule has 0 saturated carbocycles. The van der Waals surface area contributed by atoms with Gasteiger partial charge in [0.15, 0.2) is 5.96 Å². The number of halogens is 2. The highest BCUT2D eigenvalue weighted by Crippen LogP contribution is 2.18. The minimum absolute atomic E-state index is 0.258. The summed E-state index contributed by atoms with van der Waals surface area (Å²) < 4.78 is 38.5. The maximum absolute atomic E-state index is 13.3. The molecule has 1 N–H and O–H groups in total. The Morgan fingerprint density at radius 3 is 2.59 bits per heavy atom. The Bertz CT molecular complexity index is 637. The van der Waals surface area contributed by atoms with Crippen LogP contribution in [0.25, 0.3) is 0 Å². The molecule has 2 fully saturated rings. The second kappa shape index (κ2) is 11.5. The molecule has 2 saturated heterocycles. The summed E-state index contributed by atoms with van der Waals surface area (Å²) in [5.74, 6) is -0.230. The molecule has 1 aromatic carbocycles. The highest BCUT2D eigenvalue weighted by atomic mass is 19.1. The quantitative estimate of drug-likeness (QED) is 0.553. The molecule has 1 unspecified atom stereocenters. The number of aliphatic imine (C=N–C) groups is 1. The fourth-order valence-corrected chi connectivity index (χ4v) is 3.89. The highest BCUT2D eigenvalue weighted by molar-refractivity contribution is 5.80. The first-order valence-electron chi connectivity index (χ1n) is 10.9. The predicted molar refractivity (Wildman–Crippen MR) is 110 cm³/mol. The lowest BCUT2D eigenvalue weighted by Crippen LogP contribution is -2.47. The molecular formula is C22H33F2N3O2. The number of likely N-dealkylation sites (tertiary alicyclic amines) is 1. The largest absolute Gasteiger partial charge is 0.376 e. The molecule has 0 radical (unpaired) electrons. The SMILES string of the molecule is CCNC(=NCCc1cc(F)cc(F)c1)N1CCC(OCC2CCCCO2)CC1. The topological polar surface area (TPSA) is 46.1 Å². The van der Waals surface area contributed by atoms with Crippen LogP contribution in [0, 0.1) is 11.6 Å². The number of rotatable bonds is 7. The van der Waals surface area contributed by atoms with E-state index in [0.717, 1.165) is 64.0 Å². The Hall–Kier alpha value is -1.73. The maximum Gasteiger partial charge on any atom is 0.193 e.